The summed E-state index contributed by atoms with van der Waals surface area (Å²) in [5, 5.41) is 8.72. The molecule has 0 radical (unpaired) electrons. The van der Waals surface area contributed by atoms with E-state index in [0.717, 1.165) is 0 Å². The summed E-state index contributed by atoms with van der Waals surface area (Å²) in [5.74, 6) is -1.10. The average molecular weight is 266 g/mol. The summed E-state index contributed by atoms with van der Waals surface area (Å²) in [6.45, 7) is 0. The molecule has 0 atom stereocenters. The number of rotatable bonds is 4. The number of benzene rings is 1. The van der Waals surface area contributed by atoms with E-state index in [4.69, 9.17) is 5.11 Å². The van der Waals surface area contributed by atoms with Gasteiger partial charge in [0.05, 0.1) is 10.5 Å². The van der Waals surface area contributed by atoms with E-state index in [1.54, 1.807) is 24.5 Å². The topological polar surface area (TPSA) is 88.4 Å². The van der Waals surface area contributed by atoms with Gasteiger partial charge in [-0.3, -0.25) is 4.68 Å². The van der Waals surface area contributed by atoms with Crippen molar-refractivity contribution >= 4 is 16.0 Å². The van der Waals surface area contributed by atoms with Gasteiger partial charge in [0.15, 0.2) is 0 Å². The zero-order valence-electron chi connectivity index (χ0n) is 9.15. The summed E-state index contributed by atoms with van der Waals surface area (Å²) in [6.07, 6.45) is 3.09. The predicted molar refractivity (Wildman–Crippen MR) is 64.4 cm³/mol. The summed E-state index contributed by atoms with van der Waals surface area (Å²) >= 11 is 0. The monoisotopic (exact) mass is 266 g/mol. The summed E-state index contributed by atoms with van der Waals surface area (Å²) in [7, 11) is -3.71. The Bertz CT molecular complexity index is 645. The molecule has 0 aliphatic rings. The molecule has 1 aromatic heterocycles. The van der Waals surface area contributed by atoms with Gasteiger partial charge in [-0.05, 0) is 36.4 Å². The van der Waals surface area contributed by atoms with E-state index in [1.807, 2.05) is 0 Å². The van der Waals surface area contributed by atoms with Gasteiger partial charge in [0.2, 0.25) is 0 Å². The molecule has 7 heteroatoms. The quantitative estimate of drug-likeness (QED) is 0.867. The number of nitrogens with zero attached hydrogens (tertiary/aromatic N) is 1. The molecule has 0 amide bonds. The fourth-order valence-corrected chi connectivity index (χ4v) is 2.36. The number of hydrogen-bond acceptors (Lipinski definition) is 3. The number of nitrogens with one attached hydrogen (secondary N) is 1. The van der Waals surface area contributed by atoms with Gasteiger partial charge in [0.25, 0.3) is 10.0 Å². The fourth-order valence-electron chi connectivity index (χ4n) is 1.36. The lowest BCUT2D eigenvalue weighted by molar-refractivity contribution is 0.0697. The molecule has 0 spiro atoms. The van der Waals surface area contributed by atoms with Gasteiger partial charge in [-0.2, -0.15) is 8.42 Å². The van der Waals surface area contributed by atoms with E-state index in [1.165, 1.54) is 28.9 Å². The third-order valence-electron chi connectivity index (χ3n) is 2.24. The van der Waals surface area contributed by atoms with Crippen molar-refractivity contribution < 1.29 is 18.3 Å². The maximum atomic E-state index is 11.9. The molecular weight excluding hydrogens is 256 g/mol. The Labute approximate surface area is 104 Å². The Kier molecular flexibility index (Phi) is 3.07. The van der Waals surface area contributed by atoms with E-state index in [2.05, 4.69) is 4.83 Å². The van der Waals surface area contributed by atoms with E-state index < -0.39 is 16.0 Å². The second kappa shape index (κ2) is 4.53. The summed E-state index contributed by atoms with van der Waals surface area (Å²) in [5.41, 5.74) is 0.0370. The standard InChI is InChI=1S/C11H10N2O4S/c14-11(15)9-3-5-10(6-4-9)18(16,17)12-13-7-1-2-8-13/h1-8,12H,(H,14,15). The van der Waals surface area contributed by atoms with Crippen LogP contribution in [0.1, 0.15) is 10.4 Å². The first kappa shape index (κ1) is 12.2. The van der Waals surface area contributed by atoms with Crippen LogP contribution in [0, 0.1) is 0 Å². The van der Waals surface area contributed by atoms with Gasteiger partial charge >= 0.3 is 5.97 Å². The summed E-state index contributed by atoms with van der Waals surface area (Å²) in [4.78, 5) is 13.0. The van der Waals surface area contributed by atoms with Gasteiger partial charge in [-0.25, -0.2) is 9.63 Å². The minimum absolute atomic E-state index is 0.00111. The lowest BCUT2D eigenvalue weighted by Gasteiger charge is -2.08. The summed E-state index contributed by atoms with van der Waals surface area (Å²) in [6, 6.07) is 8.33. The molecule has 0 saturated heterocycles. The number of carboxylic acid groups (broad SMARTS) is 1. The molecule has 0 fully saturated rings. The van der Waals surface area contributed by atoms with Crippen LogP contribution in [0.4, 0.5) is 0 Å². The number of aromatic nitrogens is 1. The zero-order valence-corrected chi connectivity index (χ0v) is 9.96. The van der Waals surface area contributed by atoms with Crippen LogP contribution in [0.3, 0.4) is 0 Å². The molecule has 6 nitrogen and oxygen atoms in total. The Morgan fingerprint density at radius 1 is 1.11 bits per heavy atom. The highest BCUT2D eigenvalue weighted by Gasteiger charge is 2.14. The SMILES string of the molecule is O=C(O)c1ccc(S(=O)(=O)Nn2cccc2)cc1. The molecular formula is C11H10N2O4S. The highest BCUT2D eigenvalue weighted by Crippen LogP contribution is 2.11. The first-order chi connectivity index (χ1) is 8.49. The Morgan fingerprint density at radius 3 is 2.17 bits per heavy atom. The number of hydrogen-bond donors (Lipinski definition) is 2. The van der Waals surface area contributed by atoms with Crippen molar-refractivity contribution in [3.8, 4) is 0 Å². The van der Waals surface area contributed by atoms with Gasteiger partial charge in [-0.15, -0.1) is 0 Å². The van der Waals surface area contributed by atoms with Crippen molar-refractivity contribution in [2.24, 2.45) is 0 Å². The van der Waals surface area contributed by atoms with Crippen molar-refractivity contribution in [3.63, 3.8) is 0 Å². The summed E-state index contributed by atoms with van der Waals surface area (Å²) < 4.78 is 25.1. The molecule has 0 aliphatic heterocycles. The van der Waals surface area contributed by atoms with Crippen molar-refractivity contribution in [1.82, 2.24) is 4.68 Å². The normalized spacial score (nSPS) is 11.1. The first-order valence-corrected chi connectivity index (χ1v) is 6.46. The van der Waals surface area contributed by atoms with Crippen molar-refractivity contribution in [2.45, 2.75) is 4.90 Å². The van der Waals surface area contributed by atoms with E-state index in [0.29, 0.717) is 0 Å². The van der Waals surface area contributed by atoms with E-state index in [-0.39, 0.29) is 10.5 Å². The lowest BCUT2D eigenvalue weighted by Crippen LogP contribution is -2.21. The highest BCUT2D eigenvalue weighted by molar-refractivity contribution is 7.92. The molecule has 2 N–H and O–H groups in total. The number of carbonyl (C=O) groups is 1. The van der Waals surface area contributed by atoms with Crippen LogP contribution in [0.25, 0.3) is 0 Å². The first-order valence-electron chi connectivity index (χ1n) is 4.98. The molecule has 18 heavy (non-hydrogen) atoms. The van der Waals surface area contributed by atoms with Crippen LogP contribution in [-0.2, 0) is 10.0 Å². The third-order valence-corrected chi connectivity index (χ3v) is 3.59. The van der Waals surface area contributed by atoms with Crippen LogP contribution in [0.15, 0.2) is 53.7 Å². The Hall–Kier alpha value is -2.28. The van der Waals surface area contributed by atoms with Gasteiger partial charge in [0, 0.05) is 12.4 Å². The maximum absolute atomic E-state index is 11.9. The van der Waals surface area contributed by atoms with Gasteiger partial charge < -0.3 is 5.11 Å². The van der Waals surface area contributed by atoms with Crippen molar-refractivity contribution in [2.75, 3.05) is 4.83 Å². The smallest absolute Gasteiger partial charge is 0.335 e. The number of carboxylic acids is 1. The van der Waals surface area contributed by atoms with Gasteiger partial charge in [-0.1, -0.05) is 0 Å². The highest BCUT2D eigenvalue weighted by atomic mass is 32.2. The Morgan fingerprint density at radius 2 is 1.67 bits per heavy atom. The molecule has 0 aliphatic carbocycles. The van der Waals surface area contributed by atoms with Crippen molar-refractivity contribution in [1.29, 1.82) is 0 Å². The van der Waals surface area contributed by atoms with Crippen LogP contribution in [0.2, 0.25) is 0 Å². The maximum Gasteiger partial charge on any atom is 0.335 e. The fraction of sp³-hybridized carbons (Fsp3) is 0. The molecule has 94 valence electrons. The zero-order chi connectivity index (χ0) is 13.2. The van der Waals surface area contributed by atoms with Crippen LogP contribution in [-0.4, -0.2) is 24.2 Å². The minimum Gasteiger partial charge on any atom is -0.478 e. The van der Waals surface area contributed by atoms with E-state index >= 15 is 0 Å². The number of sulfonamides is 1. The second-order valence-corrected chi connectivity index (χ2v) is 5.18. The molecule has 1 aromatic carbocycles. The molecule has 0 saturated carbocycles. The van der Waals surface area contributed by atoms with E-state index in [9.17, 15) is 13.2 Å². The number of aromatic carboxylic acids is 1. The molecule has 2 rings (SSSR count). The van der Waals surface area contributed by atoms with Crippen LogP contribution in [0.5, 0.6) is 0 Å². The largest absolute Gasteiger partial charge is 0.478 e. The van der Waals surface area contributed by atoms with Gasteiger partial charge in [0.1, 0.15) is 0 Å². The molecule has 2 aromatic rings. The van der Waals surface area contributed by atoms with Crippen LogP contribution >= 0.6 is 0 Å². The average Bonchev–Trinajstić information content (AvgIpc) is 2.81. The second-order valence-electron chi connectivity index (χ2n) is 3.51. The molecule has 0 bridgehead atoms. The Balaban J connectivity index is 2.27. The molecule has 0 unspecified atom stereocenters. The van der Waals surface area contributed by atoms with Crippen LogP contribution < -0.4 is 4.83 Å². The molecule has 1 heterocycles. The predicted octanol–water partition coefficient (Wildman–Crippen LogP) is 1.12. The minimum atomic E-state index is -3.71. The van der Waals surface area contributed by atoms with Crippen molar-refractivity contribution in [3.05, 3.63) is 54.4 Å². The third kappa shape index (κ3) is 2.51. The lowest BCUT2D eigenvalue weighted by atomic mass is 10.2.